The summed E-state index contributed by atoms with van der Waals surface area (Å²) >= 11 is 0. The molecular weight excluding hydrogens is 566 g/mol. The molecule has 2 unspecified atom stereocenters. The highest BCUT2D eigenvalue weighted by molar-refractivity contribution is 5.76. The average molecular weight is 652 g/mol. The molecule has 0 bridgehead atoms. The van der Waals surface area contributed by atoms with Gasteiger partial charge in [-0.3, -0.25) is 4.79 Å². The number of aliphatic hydroxyl groups excluding tert-OH is 2. The summed E-state index contributed by atoms with van der Waals surface area (Å²) < 4.78 is 0. The van der Waals surface area contributed by atoms with Crippen molar-refractivity contribution in [2.75, 3.05) is 6.61 Å². The molecule has 0 aromatic carbocycles. The molecule has 0 radical (unpaired) electrons. The van der Waals surface area contributed by atoms with E-state index in [4.69, 9.17) is 0 Å². The van der Waals surface area contributed by atoms with Gasteiger partial charge in [0.05, 0.1) is 18.8 Å². The van der Waals surface area contributed by atoms with E-state index in [1.807, 2.05) is 0 Å². The quantitative estimate of drug-likeness (QED) is 0.0582. The fourth-order valence-electron chi connectivity index (χ4n) is 6.78. The SMILES string of the molecule is CCCCCCCCCCCCCCCCCCCCCCCCC(=O)NC(CO)C(O)CCCCCCCCCCCC(C)C. The molecule has 4 heteroatoms. The Bertz CT molecular complexity index is 595. The average Bonchev–Trinajstić information content (AvgIpc) is 3.04. The Morgan fingerprint density at radius 1 is 0.478 bits per heavy atom. The molecule has 1 amide bonds. The van der Waals surface area contributed by atoms with Crippen molar-refractivity contribution in [1.82, 2.24) is 5.32 Å². The maximum Gasteiger partial charge on any atom is 0.220 e. The first-order chi connectivity index (χ1) is 22.5. The summed E-state index contributed by atoms with van der Waals surface area (Å²) in [6, 6.07) is -0.530. The Balaban J connectivity index is 3.45. The molecule has 0 heterocycles. The van der Waals surface area contributed by atoms with Crippen LogP contribution < -0.4 is 5.32 Å². The number of carbonyl (C=O) groups is 1. The van der Waals surface area contributed by atoms with E-state index < -0.39 is 12.1 Å². The van der Waals surface area contributed by atoms with Gasteiger partial charge in [-0.2, -0.15) is 0 Å². The molecule has 2 atom stereocenters. The normalized spacial score (nSPS) is 13.0. The molecule has 46 heavy (non-hydrogen) atoms. The van der Waals surface area contributed by atoms with Crippen LogP contribution >= 0.6 is 0 Å². The lowest BCUT2D eigenvalue weighted by Gasteiger charge is -2.22. The molecule has 0 spiro atoms. The van der Waals surface area contributed by atoms with Gasteiger partial charge in [-0.05, 0) is 18.8 Å². The predicted molar refractivity (Wildman–Crippen MR) is 203 cm³/mol. The molecule has 0 rings (SSSR count). The Hall–Kier alpha value is -0.610. The second-order valence-electron chi connectivity index (χ2n) is 15.3. The summed E-state index contributed by atoms with van der Waals surface area (Å²) in [6.07, 6.45) is 43.2. The fourth-order valence-corrected chi connectivity index (χ4v) is 6.78. The topological polar surface area (TPSA) is 69.6 Å². The van der Waals surface area contributed by atoms with Crippen LogP contribution in [0.3, 0.4) is 0 Å². The highest BCUT2D eigenvalue weighted by Crippen LogP contribution is 2.17. The zero-order valence-corrected chi connectivity index (χ0v) is 31.8. The first-order valence-corrected chi connectivity index (χ1v) is 21.1. The van der Waals surface area contributed by atoms with Crippen molar-refractivity contribution < 1.29 is 15.0 Å². The van der Waals surface area contributed by atoms with Crippen molar-refractivity contribution in [3.05, 3.63) is 0 Å². The zero-order valence-electron chi connectivity index (χ0n) is 31.8. The van der Waals surface area contributed by atoms with Gasteiger partial charge in [0.25, 0.3) is 0 Å². The Kier molecular flexibility index (Phi) is 36.7. The molecule has 3 N–H and O–H groups in total. The number of carbonyl (C=O) groups excluding carboxylic acids is 1. The van der Waals surface area contributed by atoms with E-state index in [9.17, 15) is 15.0 Å². The maximum atomic E-state index is 12.4. The largest absolute Gasteiger partial charge is 0.394 e. The smallest absolute Gasteiger partial charge is 0.220 e. The van der Waals surface area contributed by atoms with Gasteiger partial charge in [-0.15, -0.1) is 0 Å². The molecule has 0 aliphatic heterocycles. The third-order valence-electron chi connectivity index (χ3n) is 10.0. The Morgan fingerprint density at radius 3 is 1.11 bits per heavy atom. The number of hydrogen-bond acceptors (Lipinski definition) is 3. The van der Waals surface area contributed by atoms with Gasteiger partial charge >= 0.3 is 0 Å². The van der Waals surface area contributed by atoms with Crippen LogP contribution in [0.2, 0.25) is 0 Å². The van der Waals surface area contributed by atoms with Crippen molar-refractivity contribution in [2.45, 2.75) is 251 Å². The van der Waals surface area contributed by atoms with Crippen LogP contribution in [0.1, 0.15) is 239 Å². The lowest BCUT2D eigenvalue weighted by Crippen LogP contribution is -2.45. The van der Waals surface area contributed by atoms with Gasteiger partial charge in [-0.1, -0.05) is 220 Å². The number of nitrogens with one attached hydrogen (secondary N) is 1. The standard InChI is InChI=1S/C42H85NO3/c1-4-5-6-7-8-9-10-11-12-13-14-15-16-17-18-19-20-21-25-28-31-34-37-42(46)43-40(38-44)41(45)36-33-30-27-24-22-23-26-29-32-35-39(2)3/h39-41,44-45H,4-38H2,1-3H3,(H,43,46). The van der Waals surface area contributed by atoms with E-state index in [0.29, 0.717) is 12.8 Å². The van der Waals surface area contributed by atoms with Crippen molar-refractivity contribution in [1.29, 1.82) is 0 Å². The van der Waals surface area contributed by atoms with E-state index in [-0.39, 0.29) is 12.5 Å². The number of hydrogen-bond donors (Lipinski definition) is 3. The van der Waals surface area contributed by atoms with Crippen LogP contribution in [-0.4, -0.2) is 34.9 Å². The number of unbranched alkanes of at least 4 members (excludes halogenated alkanes) is 29. The molecule has 0 fully saturated rings. The molecule has 0 saturated carbocycles. The molecule has 0 aliphatic carbocycles. The third kappa shape index (κ3) is 34.7. The number of amides is 1. The minimum absolute atomic E-state index is 0.0281. The number of aliphatic hydroxyl groups is 2. The third-order valence-corrected chi connectivity index (χ3v) is 10.0. The summed E-state index contributed by atoms with van der Waals surface area (Å²) in [5.41, 5.74) is 0. The molecule has 4 nitrogen and oxygen atoms in total. The van der Waals surface area contributed by atoms with Gasteiger partial charge in [0.1, 0.15) is 0 Å². The molecular formula is C42H85NO3. The van der Waals surface area contributed by atoms with Gasteiger partial charge in [0, 0.05) is 6.42 Å². The molecule has 0 aromatic rings. The van der Waals surface area contributed by atoms with Crippen LogP contribution in [-0.2, 0) is 4.79 Å². The van der Waals surface area contributed by atoms with E-state index in [1.165, 1.54) is 180 Å². The van der Waals surface area contributed by atoms with Crippen LogP contribution in [0.5, 0.6) is 0 Å². The predicted octanol–water partition coefficient (Wildman–Crippen LogP) is 12.8. The highest BCUT2D eigenvalue weighted by Gasteiger charge is 2.20. The molecule has 0 aromatic heterocycles. The van der Waals surface area contributed by atoms with Crippen molar-refractivity contribution in [2.24, 2.45) is 5.92 Å². The maximum absolute atomic E-state index is 12.4. The van der Waals surface area contributed by atoms with Gasteiger partial charge < -0.3 is 15.5 Å². The monoisotopic (exact) mass is 652 g/mol. The van der Waals surface area contributed by atoms with Crippen LogP contribution in [0.25, 0.3) is 0 Å². The Morgan fingerprint density at radius 2 is 0.783 bits per heavy atom. The van der Waals surface area contributed by atoms with E-state index in [2.05, 4.69) is 26.1 Å². The van der Waals surface area contributed by atoms with Gasteiger partial charge in [-0.25, -0.2) is 0 Å². The summed E-state index contributed by atoms with van der Waals surface area (Å²) in [6.45, 7) is 6.71. The van der Waals surface area contributed by atoms with Crippen LogP contribution in [0, 0.1) is 5.92 Å². The minimum atomic E-state index is -0.653. The summed E-state index contributed by atoms with van der Waals surface area (Å²) in [7, 11) is 0. The van der Waals surface area contributed by atoms with E-state index >= 15 is 0 Å². The second kappa shape index (κ2) is 37.2. The summed E-state index contributed by atoms with van der Waals surface area (Å²) in [5.74, 6) is 0.803. The fraction of sp³-hybridized carbons (Fsp3) is 0.976. The highest BCUT2D eigenvalue weighted by atomic mass is 16.3. The molecule has 276 valence electrons. The molecule has 0 aliphatic rings. The van der Waals surface area contributed by atoms with Crippen LogP contribution in [0.15, 0.2) is 0 Å². The number of rotatable bonds is 38. The van der Waals surface area contributed by atoms with Gasteiger partial charge in [0.15, 0.2) is 0 Å². The van der Waals surface area contributed by atoms with Crippen LogP contribution in [0.4, 0.5) is 0 Å². The molecule has 0 saturated heterocycles. The first kappa shape index (κ1) is 45.4. The summed E-state index contributed by atoms with van der Waals surface area (Å²) in [4.78, 5) is 12.4. The first-order valence-electron chi connectivity index (χ1n) is 21.1. The van der Waals surface area contributed by atoms with Crippen molar-refractivity contribution >= 4 is 5.91 Å². The minimum Gasteiger partial charge on any atom is -0.394 e. The van der Waals surface area contributed by atoms with Crippen molar-refractivity contribution in [3.8, 4) is 0 Å². The Labute approximate surface area is 289 Å². The second-order valence-corrected chi connectivity index (χ2v) is 15.3. The van der Waals surface area contributed by atoms with Gasteiger partial charge in [0.2, 0.25) is 5.91 Å². The van der Waals surface area contributed by atoms with E-state index in [0.717, 1.165) is 31.6 Å². The lowest BCUT2D eigenvalue weighted by molar-refractivity contribution is -0.123. The summed E-state index contributed by atoms with van der Waals surface area (Å²) in [5, 5.41) is 23.1. The lowest BCUT2D eigenvalue weighted by atomic mass is 10.0. The van der Waals surface area contributed by atoms with E-state index in [1.54, 1.807) is 0 Å². The zero-order chi connectivity index (χ0) is 33.8. The van der Waals surface area contributed by atoms with Crippen molar-refractivity contribution in [3.63, 3.8) is 0 Å².